The Hall–Kier alpha value is -2.83. The van der Waals surface area contributed by atoms with Gasteiger partial charge >= 0.3 is 0 Å². The Morgan fingerprint density at radius 1 is 1.03 bits per heavy atom. The first-order valence-electron chi connectivity index (χ1n) is 11.2. The van der Waals surface area contributed by atoms with Crippen LogP contribution in [0, 0.1) is 0 Å². The quantitative estimate of drug-likeness (QED) is 0.533. The number of hydrogen-bond donors (Lipinski definition) is 2. The molecule has 33 heavy (non-hydrogen) atoms. The molecule has 174 valence electrons. The number of methoxy groups -OCH3 is 2. The van der Waals surface area contributed by atoms with Crippen LogP contribution in [0.25, 0.3) is 10.4 Å². The summed E-state index contributed by atoms with van der Waals surface area (Å²) in [5, 5.41) is 3.15. The Labute approximate surface area is 199 Å². The first kappa shape index (κ1) is 23.3. The van der Waals surface area contributed by atoms with Gasteiger partial charge in [0.25, 0.3) is 5.91 Å². The molecule has 3 aromatic rings. The number of benzene rings is 2. The van der Waals surface area contributed by atoms with Gasteiger partial charge in [-0.15, -0.1) is 11.3 Å². The van der Waals surface area contributed by atoms with Crippen LogP contribution < -0.4 is 20.5 Å². The van der Waals surface area contributed by atoms with Crippen LogP contribution in [0.2, 0.25) is 0 Å². The van der Waals surface area contributed by atoms with Crippen molar-refractivity contribution in [2.75, 3.05) is 14.2 Å². The van der Waals surface area contributed by atoms with Crippen molar-refractivity contribution in [1.29, 1.82) is 0 Å². The first-order chi connectivity index (χ1) is 15.7. The van der Waals surface area contributed by atoms with Crippen molar-refractivity contribution >= 4 is 17.2 Å². The van der Waals surface area contributed by atoms with Gasteiger partial charge in [-0.05, 0) is 74.1 Å². The van der Waals surface area contributed by atoms with Crippen LogP contribution in [0.5, 0.6) is 11.5 Å². The summed E-state index contributed by atoms with van der Waals surface area (Å²) >= 11 is 1.53. The standard InChI is InChI=1S/C27H32N2O3S/c1-27(2,3)29-26(30)25-19(15-23(33-25)16-9-7-6-8-10-16)24-18-14-22(32-5)21(31-4)13-17(18)11-12-20(24)28/h6-10,13-15,20,24H,11-12,28H2,1-5H3,(H,29,30)/t20-,24+/m0/s1. The third kappa shape index (κ3) is 4.77. The number of nitrogens with one attached hydrogen (secondary N) is 1. The largest absolute Gasteiger partial charge is 0.493 e. The highest BCUT2D eigenvalue weighted by atomic mass is 32.1. The van der Waals surface area contributed by atoms with Crippen LogP contribution >= 0.6 is 11.3 Å². The van der Waals surface area contributed by atoms with E-state index in [9.17, 15) is 4.79 Å². The second-order valence-electron chi connectivity index (χ2n) is 9.55. The molecule has 0 saturated heterocycles. The number of carbonyl (C=O) groups is 1. The highest BCUT2D eigenvalue weighted by molar-refractivity contribution is 7.17. The molecule has 0 aliphatic heterocycles. The zero-order valence-electron chi connectivity index (χ0n) is 19.9. The monoisotopic (exact) mass is 464 g/mol. The van der Waals surface area contributed by atoms with Crippen LogP contribution in [0.1, 0.15) is 59.5 Å². The summed E-state index contributed by atoms with van der Waals surface area (Å²) in [4.78, 5) is 15.2. The van der Waals surface area contributed by atoms with Crippen molar-refractivity contribution in [1.82, 2.24) is 5.32 Å². The van der Waals surface area contributed by atoms with Crippen molar-refractivity contribution in [3.8, 4) is 21.9 Å². The molecule has 1 aromatic heterocycles. The number of nitrogens with two attached hydrogens (primary N) is 1. The number of rotatable bonds is 5. The Bertz CT molecular complexity index is 1150. The van der Waals surface area contributed by atoms with Gasteiger partial charge < -0.3 is 20.5 Å². The molecule has 1 heterocycles. The van der Waals surface area contributed by atoms with Gasteiger partial charge in [0.05, 0.1) is 19.1 Å². The Kier molecular flexibility index (Phi) is 6.50. The lowest BCUT2D eigenvalue weighted by Gasteiger charge is -2.32. The van der Waals surface area contributed by atoms with Crippen molar-refractivity contribution in [2.24, 2.45) is 5.73 Å². The molecule has 1 aliphatic carbocycles. The molecule has 3 N–H and O–H groups in total. The molecule has 2 aromatic carbocycles. The highest BCUT2D eigenvalue weighted by Gasteiger charge is 2.34. The van der Waals surface area contributed by atoms with E-state index in [1.54, 1.807) is 14.2 Å². The fraction of sp³-hybridized carbons (Fsp3) is 0.370. The Morgan fingerprint density at radius 3 is 2.33 bits per heavy atom. The van der Waals surface area contributed by atoms with Gasteiger partial charge in [0, 0.05) is 22.4 Å². The van der Waals surface area contributed by atoms with E-state index in [1.807, 2.05) is 51.1 Å². The maximum atomic E-state index is 13.4. The topological polar surface area (TPSA) is 73.6 Å². The van der Waals surface area contributed by atoms with Crippen LogP contribution in [-0.2, 0) is 6.42 Å². The van der Waals surface area contributed by atoms with Gasteiger partial charge in [-0.3, -0.25) is 4.79 Å². The van der Waals surface area contributed by atoms with Gasteiger partial charge in [0.2, 0.25) is 0 Å². The van der Waals surface area contributed by atoms with Crippen molar-refractivity contribution in [3.63, 3.8) is 0 Å². The zero-order chi connectivity index (χ0) is 23.8. The number of amides is 1. The third-order valence-electron chi connectivity index (χ3n) is 6.00. The summed E-state index contributed by atoms with van der Waals surface area (Å²) in [6, 6.07) is 16.3. The lowest BCUT2D eigenvalue weighted by atomic mass is 9.75. The average molecular weight is 465 g/mol. The minimum Gasteiger partial charge on any atom is -0.493 e. The van der Waals surface area contributed by atoms with Crippen molar-refractivity contribution < 1.29 is 14.3 Å². The fourth-order valence-corrected chi connectivity index (χ4v) is 5.62. The molecule has 0 bridgehead atoms. The molecule has 0 spiro atoms. The number of ether oxygens (including phenoxy) is 2. The van der Waals surface area contributed by atoms with Gasteiger partial charge in [-0.25, -0.2) is 0 Å². The van der Waals surface area contributed by atoms with E-state index in [1.165, 1.54) is 16.9 Å². The lowest BCUT2D eigenvalue weighted by molar-refractivity contribution is 0.0922. The van der Waals surface area contributed by atoms with E-state index in [4.69, 9.17) is 15.2 Å². The Balaban J connectivity index is 1.89. The number of fused-ring (bicyclic) bond motifs is 1. The van der Waals surface area contributed by atoms with E-state index in [0.29, 0.717) is 16.4 Å². The second-order valence-corrected chi connectivity index (χ2v) is 10.6. The molecule has 1 amide bonds. The van der Waals surface area contributed by atoms with E-state index in [2.05, 4.69) is 23.5 Å². The van der Waals surface area contributed by atoms with Gasteiger partial charge in [-0.2, -0.15) is 0 Å². The molecular formula is C27H32N2O3S. The van der Waals surface area contributed by atoms with E-state index < -0.39 is 0 Å². The summed E-state index contributed by atoms with van der Waals surface area (Å²) in [5.74, 6) is 1.22. The summed E-state index contributed by atoms with van der Waals surface area (Å²) in [6.45, 7) is 5.99. The Morgan fingerprint density at radius 2 is 1.70 bits per heavy atom. The molecule has 0 unspecified atom stereocenters. The van der Waals surface area contributed by atoms with Crippen LogP contribution in [-0.4, -0.2) is 31.7 Å². The summed E-state index contributed by atoms with van der Waals surface area (Å²) in [6.07, 6.45) is 1.70. The fourth-order valence-electron chi connectivity index (χ4n) is 4.52. The summed E-state index contributed by atoms with van der Waals surface area (Å²) in [5.41, 5.74) is 10.8. The zero-order valence-corrected chi connectivity index (χ0v) is 20.7. The first-order valence-corrected chi connectivity index (χ1v) is 12.1. The average Bonchev–Trinajstić information content (AvgIpc) is 3.22. The molecule has 2 atom stereocenters. The van der Waals surface area contributed by atoms with E-state index in [-0.39, 0.29) is 23.4 Å². The van der Waals surface area contributed by atoms with Crippen molar-refractivity contribution in [2.45, 2.75) is 51.1 Å². The SMILES string of the molecule is COc1cc2c(cc1OC)[C@H](c1cc(-c3ccccc3)sc1C(=O)NC(C)(C)C)[C@@H](N)CC2. The maximum Gasteiger partial charge on any atom is 0.262 e. The van der Waals surface area contributed by atoms with E-state index in [0.717, 1.165) is 34.4 Å². The minimum absolute atomic E-state index is 0.0653. The molecule has 6 heteroatoms. The third-order valence-corrected chi connectivity index (χ3v) is 7.20. The number of carbonyl (C=O) groups excluding carboxylic acids is 1. The maximum absolute atomic E-state index is 13.4. The molecule has 0 radical (unpaired) electrons. The minimum atomic E-state index is -0.339. The van der Waals surface area contributed by atoms with Gasteiger partial charge in [0.1, 0.15) is 0 Å². The van der Waals surface area contributed by atoms with E-state index >= 15 is 0 Å². The predicted octanol–water partition coefficient (Wildman–Crippen LogP) is 5.37. The molecular weight excluding hydrogens is 432 g/mol. The molecule has 0 saturated carbocycles. The number of hydrogen-bond acceptors (Lipinski definition) is 5. The van der Waals surface area contributed by atoms with Gasteiger partial charge in [0.15, 0.2) is 11.5 Å². The number of aryl methyl sites for hydroxylation is 1. The van der Waals surface area contributed by atoms with Crippen LogP contribution in [0.15, 0.2) is 48.5 Å². The van der Waals surface area contributed by atoms with Crippen LogP contribution in [0.4, 0.5) is 0 Å². The predicted molar refractivity (Wildman–Crippen MR) is 135 cm³/mol. The summed E-state index contributed by atoms with van der Waals surface area (Å²) < 4.78 is 11.1. The molecule has 4 rings (SSSR count). The summed E-state index contributed by atoms with van der Waals surface area (Å²) in [7, 11) is 3.29. The highest BCUT2D eigenvalue weighted by Crippen LogP contribution is 2.45. The molecule has 1 aliphatic rings. The molecule has 5 nitrogen and oxygen atoms in total. The smallest absolute Gasteiger partial charge is 0.262 e. The lowest BCUT2D eigenvalue weighted by Crippen LogP contribution is -2.41. The second kappa shape index (κ2) is 9.20. The number of thiophene rings is 1. The van der Waals surface area contributed by atoms with Crippen molar-refractivity contribution in [3.05, 3.63) is 70.1 Å². The molecule has 0 fully saturated rings. The normalized spacial score (nSPS) is 17.9. The van der Waals surface area contributed by atoms with Crippen LogP contribution in [0.3, 0.4) is 0 Å². The van der Waals surface area contributed by atoms with Gasteiger partial charge in [-0.1, -0.05) is 30.3 Å².